The van der Waals surface area contributed by atoms with Gasteiger partial charge >= 0.3 is 0 Å². The van der Waals surface area contributed by atoms with Crippen molar-refractivity contribution in [1.82, 2.24) is 15.4 Å². The molecule has 3 aliphatic rings. The summed E-state index contributed by atoms with van der Waals surface area (Å²) in [7, 11) is 0. The summed E-state index contributed by atoms with van der Waals surface area (Å²) in [6.07, 6.45) is 11.9. The van der Waals surface area contributed by atoms with Crippen LogP contribution in [0.15, 0.2) is 10.6 Å². The number of likely N-dealkylation sites (tertiary alicyclic amines) is 1. The van der Waals surface area contributed by atoms with Crippen molar-refractivity contribution in [2.24, 2.45) is 5.73 Å². The fraction of sp³-hybridized carbons (Fsp3) is 0.750. The molecular weight excluding hydrogens is 344 g/mol. The predicted molar refractivity (Wildman–Crippen MR) is 102 cm³/mol. The quantitative estimate of drug-likeness (QED) is 0.794. The number of hydrogen-bond acceptors (Lipinski definition) is 5. The summed E-state index contributed by atoms with van der Waals surface area (Å²) in [4.78, 5) is 24.7. The van der Waals surface area contributed by atoms with Gasteiger partial charge in [0.25, 0.3) is 5.91 Å². The number of hydrogen-bond donors (Lipinski definition) is 2. The van der Waals surface area contributed by atoms with Gasteiger partial charge in [-0.2, -0.15) is 0 Å². The van der Waals surface area contributed by atoms with E-state index in [9.17, 15) is 9.59 Å². The Hall–Kier alpha value is -1.89. The number of carbonyl (C=O) groups excluding carboxylic acids is 2. The SMILES string of the molecule is NC(=O)c1cc(C2CC2)on1.O=C(CCN1CCCC1)NC1CCCCC1. The first-order valence-electron chi connectivity index (χ1n) is 10.4. The van der Waals surface area contributed by atoms with E-state index in [1.807, 2.05) is 0 Å². The third-order valence-electron chi connectivity index (χ3n) is 5.58. The average molecular weight is 377 g/mol. The Balaban J connectivity index is 0.000000166. The lowest BCUT2D eigenvalue weighted by Crippen LogP contribution is -2.37. The van der Waals surface area contributed by atoms with Crippen molar-refractivity contribution in [3.05, 3.63) is 17.5 Å². The van der Waals surface area contributed by atoms with E-state index in [2.05, 4.69) is 15.4 Å². The van der Waals surface area contributed by atoms with E-state index < -0.39 is 5.91 Å². The molecule has 0 bridgehead atoms. The third-order valence-corrected chi connectivity index (χ3v) is 5.58. The Morgan fingerprint density at radius 2 is 1.81 bits per heavy atom. The van der Waals surface area contributed by atoms with Gasteiger partial charge in [-0.15, -0.1) is 0 Å². The lowest BCUT2D eigenvalue weighted by molar-refractivity contribution is -0.122. The van der Waals surface area contributed by atoms with Crippen LogP contribution in [0, 0.1) is 0 Å². The van der Waals surface area contributed by atoms with Gasteiger partial charge in [-0.3, -0.25) is 9.59 Å². The van der Waals surface area contributed by atoms with Gasteiger partial charge in [-0.05, 0) is 51.6 Å². The molecule has 2 amide bonds. The van der Waals surface area contributed by atoms with Crippen molar-refractivity contribution in [3.8, 4) is 0 Å². The topological polar surface area (TPSA) is 101 Å². The maximum Gasteiger partial charge on any atom is 0.270 e. The van der Waals surface area contributed by atoms with E-state index in [-0.39, 0.29) is 11.6 Å². The molecule has 1 aromatic rings. The van der Waals surface area contributed by atoms with E-state index in [0.717, 1.165) is 25.1 Å². The summed E-state index contributed by atoms with van der Waals surface area (Å²) in [5.74, 6) is 1.01. The standard InChI is InChI=1S/C13H24N2O.C7H8N2O2/c16-13(8-11-15-9-4-5-10-15)14-12-6-2-1-3-7-12;8-7(10)5-3-6(11-9-5)4-1-2-4/h12H,1-11H2,(H,14,16);3-4H,1-2H2,(H2,8,10). The van der Waals surface area contributed by atoms with Crippen molar-refractivity contribution in [2.45, 2.75) is 76.2 Å². The van der Waals surface area contributed by atoms with Crippen LogP contribution in [-0.4, -0.2) is 47.5 Å². The summed E-state index contributed by atoms with van der Waals surface area (Å²) in [5, 5.41) is 6.70. The fourth-order valence-electron chi connectivity index (χ4n) is 3.78. The molecule has 7 nitrogen and oxygen atoms in total. The molecule has 0 unspecified atom stereocenters. The Morgan fingerprint density at radius 1 is 1.11 bits per heavy atom. The number of aromatic nitrogens is 1. The zero-order chi connectivity index (χ0) is 19.1. The number of primary amides is 1. The van der Waals surface area contributed by atoms with Crippen LogP contribution in [0.2, 0.25) is 0 Å². The van der Waals surface area contributed by atoms with Crippen LogP contribution in [0.5, 0.6) is 0 Å². The minimum Gasteiger partial charge on any atom is -0.364 e. The van der Waals surface area contributed by atoms with Crippen LogP contribution in [0.4, 0.5) is 0 Å². The summed E-state index contributed by atoms with van der Waals surface area (Å²) in [5.41, 5.74) is 5.21. The molecule has 1 aromatic heterocycles. The van der Waals surface area contributed by atoms with Crippen molar-refractivity contribution in [2.75, 3.05) is 19.6 Å². The summed E-state index contributed by atoms with van der Waals surface area (Å²) in [6, 6.07) is 2.10. The van der Waals surface area contributed by atoms with Gasteiger partial charge in [-0.1, -0.05) is 24.4 Å². The highest BCUT2D eigenvalue weighted by Crippen LogP contribution is 2.40. The van der Waals surface area contributed by atoms with E-state index in [0.29, 0.717) is 18.4 Å². The maximum absolute atomic E-state index is 11.7. The monoisotopic (exact) mass is 376 g/mol. The summed E-state index contributed by atoms with van der Waals surface area (Å²) in [6.45, 7) is 3.34. The van der Waals surface area contributed by atoms with Gasteiger partial charge in [0.15, 0.2) is 5.69 Å². The van der Waals surface area contributed by atoms with E-state index in [1.54, 1.807) is 6.07 Å². The predicted octanol–water partition coefficient (Wildman–Crippen LogP) is 2.57. The Kier molecular flexibility index (Phi) is 7.26. The molecule has 1 aliphatic heterocycles. The van der Waals surface area contributed by atoms with E-state index in [1.165, 1.54) is 58.0 Å². The van der Waals surface area contributed by atoms with E-state index >= 15 is 0 Å². The lowest BCUT2D eigenvalue weighted by atomic mass is 9.95. The first kappa shape index (κ1) is 19.9. The van der Waals surface area contributed by atoms with Crippen LogP contribution < -0.4 is 11.1 Å². The first-order chi connectivity index (χ1) is 13.1. The van der Waals surface area contributed by atoms with Crippen molar-refractivity contribution in [1.29, 1.82) is 0 Å². The summed E-state index contributed by atoms with van der Waals surface area (Å²) < 4.78 is 4.90. The third kappa shape index (κ3) is 6.65. The Morgan fingerprint density at radius 3 is 2.41 bits per heavy atom. The molecule has 0 atom stereocenters. The molecule has 0 radical (unpaired) electrons. The average Bonchev–Trinajstić information content (AvgIpc) is 3.18. The number of nitrogens with two attached hydrogens (primary N) is 1. The van der Waals surface area contributed by atoms with Crippen LogP contribution in [0.1, 0.15) is 86.4 Å². The van der Waals surface area contributed by atoms with Crippen LogP contribution in [0.25, 0.3) is 0 Å². The number of carbonyl (C=O) groups is 2. The van der Waals surface area contributed by atoms with Crippen molar-refractivity contribution >= 4 is 11.8 Å². The van der Waals surface area contributed by atoms with Crippen LogP contribution in [-0.2, 0) is 4.79 Å². The van der Waals surface area contributed by atoms with Crippen LogP contribution in [0.3, 0.4) is 0 Å². The van der Waals surface area contributed by atoms with Gasteiger partial charge < -0.3 is 20.5 Å². The van der Waals surface area contributed by atoms with Gasteiger partial charge in [0, 0.05) is 31.0 Å². The largest absolute Gasteiger partial charge is 0.364 e. The molecule has 2 saturated carbocycles. The smallest absolute Gasteiger partial charge is 0.270 e. The molecule has 3 fully saturated rings. The number of nitrogens with one attached hydrogen (secondary N) is 1. The molecule has 7 heteroatoms. The Bertz CT molecular complexity index is 614. The molecule has 4 rings (SSSR count). The molecule has 2 aliphatic carbocycles. The van der Waals surface area contributed by atoms with Gasteiger partial charge in [0.1, 0.15) is 5.76 Å². The number of rotatable bonds is 6. The molecule has 3 N–H and O–H groups in total. The van der Waals surface area contributed by atoms with Gasteiger partial charge in [0.2, 0.25) is 5.91 Å². The van der Waals surface area contributed by atoms with E-state index in [4.69, 9.17) is 10.3 Å². The second-order valence-corrected chi connectivity index (χ2v) is 7.95. The Labute approximate surface area is 161 Å². The highest BCUT2D eigenvalue weighted by atomic mass is 16.5. The van der Waals surface area contributed by atoms with Crippen molar-refractivity contribution in [3.63, 3.8) is 0 Å². The minimum atomic E-state index is -0.527. The molecule has 1 saturated heterocycles. The molecule has 150 valence electrons. The van der Waals surface area contributed by atoms with Crippen LogP contribution >= 0.6 is 0 Å². The van der Waals surface area contributed by atoms with Crippen molar-refractivity contribution < 1.29 is 14.1 Å². The highest BCUT2D eigenvalue weighted by molar-refractivity contribution is 5.90. The second-order valence-electron chi connectivity index (χ2n) is 7.95. The zero-order valence-electron chi connectivity index (χ0n) is 16.1. The molecule has 0 aromatic carbocycles. The molecule has 27 heavy (non-hydrogen) atoms. The highest BCUT2D eigenvalue weighted by Gasteiger charge is 2.28. The lowest BCUT2D eigenvalue weighted by Gasteiger charge is -2.23. The minimum absolute atomic E-state index is 0.229. The van der Waals surface area contributed by atoms with Gasteiger partial charge in [-0.25, -0.2) is 0 Å². The molecule has 2 heterocycles. The fourth-order valence-corrected chi connectivity index (χ4v) is 3.78. The molecule has 0 spiro atoms. The summed E-state index contributed by atoms with van der Waals surface area (Å²) >= 11 is 0. The normalized spacial score (nSPS) is 20.7. The zero-order valence-corrected chi connectivity index (χ0v) is 16.1. The maximum atomic E-state index is 11.7. The number of amides is 2. The second kappa shape index (κ2) is 9.88. The first-order valence-corrected chi connectivity index (χ1v) is 10.4. The number of nitrogens with zero attached hydrogens (tertiary/aromatic N) is 2. The molecular formula is C20H32N4O3. The van der Waals surface area contributed by atoms with Gasteiger partial charge in [0.05, 0.1) is 0 Å².